The molecule has 0 spiro atoms. The molecule has 0 saturated heterocycles. The third-order valence-corrected chi connectivity index (χ3v) is 4.08. The molecule has 18 heavy (non-hydrogen) atoms. The summed E-state index contributed by atoms with van der Waals surface area (Å²) in [5, 5.41) is 0. The van der Waals surface area contributed by atoms with Gasteiger partial charge in [-0.15, -0.1) is 0 Å². The first-order valence-corrected chi connectivity index (χ1v) is 7.23. The largest absolute Gasteiger partial charge is 0.380 e. The minimum Gasteiger partial charge on any atom is -0.380 e. The first-order valence-electron chi connectivity index (χ1n) is 5.75. The number of benzene rings is 1. The van der Waals surface area contributed by atoms with E-state index >= 15 is 0 Å². The predicted molar refractivity (Wildman–Crippen MR) is 70.7 cm³/mol. The highest BCUT2D eigenvalue weighted by Gasteiger charge is 2.15. The summed E-state index contributed by atoms with van der Waals surface area (Å²) >= 11 is 0. The summed E-state index contributed by atoms with van der Waals surface area (Å²) in [6.45, 7) is 3.84. The smallest absolute Gasteiger partial charge is 0.240 e. The predicted octanol–water partition coefficient (Wildman–Crippen LogP) is 1.02. The molecule has 102 valence electrons. The van der Waals surface area contributed by atoms with Crippen LogP contribution in [0.25, 0.3) is 0 Å². The Balaban J connectivity index is 2.88. The van der Waals surface area contributed by atoms with E-state index < -0.39 is 10.0 Å². The Labute approximate surface area is 108 Å². The number of sulfonamides is 1. The number of hydrogen-bond acceptors (Lipinski definition) is 4. The minimum absolute atomic E-state index is 0.170. The molecule has 5 nitrogen and oxygen atoms in total. The summed E-state index contributed by atoms with van der Waals surface area (Å²) in [6.07, 6.45) is -0.170. The number of nitrogens with one attached hydrogen (secondary N) is 1. The van der Waals surface area contributed by atoms with Gasteiger partial charge in [0.1, 0.15) is 0 Å². The van der Waals surface area contributed by atoms with E-state index in [1.165, 1.54) is 7.11 Å². The fourth-order valence-electron chi connectivity index (χ4n) is 1.36. The van der Waals surface area contributed by atoms with Crippen LogP contribution in [-0.4, -0.2) is 28.2 Å². The normalized spacial score (nSPS) is 15.3. The van der Waals surface area contributed by atoms with Crippen LogP contribution in [-0.2, 0) is 14.8 Å². The van der Waals surface area contributed by atoms with Crippen molar-refractivity contribution in [2.75, 3.05) is 13.7 Å². The second-order valence-electron chi connectivity index (χ2n) is 4.26. The van der Waals surface area contributed by atoms with Gasteiger partial charge < -0.3 is 10.5 Å². The van der Waals surface area contributed by atoms with Gasteiger partial charge in [-0.3, -0.25) is 0 Å². The van der Waals surface area contributed by atoms with Crippen molar-refractivity contribution in [3.8, 4) is 0 Å². The van der Waals surface area contributed by atoms with Crippen LogP contribution < -0.4 is 10.5 Å². The molecule has 2 unspecified atom stereocenters. The molecule has 2 atom stereocenters. The summed E-state index contributed by atoms with van der Waals surface area (Å²) in [5.41, 5.74) is 6.52. The molecule has 0 saturated carbocycles. The lowest BCUT2D eigenvalue weighted by atomic mass is 10.1. The van der Waals surface area contributed by atoms with Crippen LogP contribution in [0.1, 0.15) is 25.5 Å². The van der Waals surface area contributed by atoms with Crippen LogP contribution in [0.5, 0.6) is 0 Å². The molecule has 1 rings (SSSR count). The van der Waals surface area contributed by atoms with E-state index in [-0.39, 0.29) is 23.6 Å². The molecule has 0 aliphatic rings. The number of nitrogens with two attached hydrogens (primary N) is 1. The maximum atomic E-state index is 12.0. The van der Waals surface area contributed by atoms with E-state index in [0.29, 0.717) is 0 Å². The van der Waals surface area contributed by atoms with E-state index in [9.17, 15) is 8.42 Å². The molecule has 0 bridgehead atoms. The third-order valence-electron chi connectivity index (χ3n) is 2.66. The standard InChI is InChI=1S/C12H20N2O3S/c1-9(17-3)8-14-18(15,16)12-6-4-5-11(7-12)10(2)13/h4-7,9-10,14H,8,13H2,1-3H3. The zero-order chi connectivity index (χ0) is 13.8. The molecule has 0 radical (unpaired) electrons. The molecule has 0 aromatic heterocycles. The van der Waals surface area contributed by atoms with Crippen molar-refractivity contribution in [3.63, 3.8) is 0 Å². The van der Waals surface area contributed by atoms with Crippen molar-refractivity contribution in [1.82, 2.24) is 4.72 Å². The molecular formula is C12H20N2O3S. The van der Waals surface area contributed by atoms with Crippen LogP contribution in [0.4, 0.5) is 0 Å². The Morgan fingerprint density at radius 2 is 2.06 bits per heavy atom. The molecule has 3 N–H and O–H groups in total. The van der Waals surface area contributed by atoms with Gasteiger partial charge >= 0.3 is 0 Å². The van der Waals surface area contributed by atoms with Crippen molar-refractivity contribution < 1.29 is 13.2 Å². The van der Waals surface area contributed by atoms with Crippen LogP contribution in [0.3, 0.4) is 0 Å². The van der Waals surface area contributed by atoms with Gasteiger partial charge in [0.2, 0.25) is 10.0 Å². The summed E-state index contributed by atoms with van der Waals surface area (Å²) in [7, 11) is -1.97. The van der Waals surface area contributed by atoms with Crippen LogP contribution in [0.15, 0.2) is 29.2 Å². The molecule has 0 aliphatic heterocycles. The molecular weight excluding hydrogens is 252 g/mol. The Morgan fingerprint density at radius 1 is 1.39 bits per heavy atom. The van der Waals surface area contributed by atoms with Crippen molar-refractivity contribution in [2.45, 2.75) is 30.9 Å². The minimum atomic E-state index is -3.51. The van der Waals surface area contributed by atoms with Crippen LogP contribution in [0.2, 0.25) is 0 Å². The van der Waals surface area contributed by atoms with E-state index in [0.717, 1.165) is 5.56 Å². The third kappa shape index (κ3) is 4.06. The van der Waals surface area contributed by atoms with E-state index in [1.54, 1.807) is 25.1 Å². The zero-order valence-electron chi connectivity index (χ0n) is 10.9. The molecule has 1 aromatic carbocycles. The van der Waals surface area contributed by atoms with Crippen molar-refractivity contribution in [3.05, 3.63) is 29.8 Å². The highest BCUT2D eigenvalue weighted by molar-refractivity contribution is 7.89. The molecule has 0 fully saturated rings. The molecule has 0 heterocycles. The SMILES string of the molecule is COC(C)CNS(=O)(=O)c1cccc(C(C)N)c1. The van der Waals surface area contributed by atoms with E-state index in [2.05, 4.69) is 4.72 Å². The Bertz CT molecular complexity index is 486. The van der Waals surface area contributed by atoms with Gasteiger partial charge in [0, 0.05) is 19.7 Å². The number of methoxy groups -OCH3 is 1. The van der Waals surface area contributed by atoms with Gasteiger partial charge in [-0.25, -0.2) is 13.1 Å². The summed E-state index contributed by atoms with van der Waals surface area (Å²) in [4.78, 5) is 0.223. The summed E-state index contributed by atoms with van der Waals surface area (Å²) < 4.78 is 31.5. The quantitative estimate of drug-likeness (QED) is 0.810. The van der Waals surface area contributed by atoms with Gasteiger partial charge in [-0.2, -0.15) is 0 Å². The van der Waals surface area contributed by atoms with Gasteiger partial charge in [0.05, 0.1) is 11.0 Å². The van der Waals surface area contributed by atoms with E-state index in [4.69, 9.17) is 10.5 Å². The van der Waals surface area contributed by atoms with Crippen molar-refractivity contribution in [1.29, 1.82) is 0 Å². The maximum Gasteiger partial charge on any atom is 0.240 e. The lowest BCUT2D eigenvalue weighted by Crippen LogP contribution is -2.31. The second-order valence-corrected chi connectivity index (χ2v) is 6.03. The lowest BCUT2D eigenvalue weighted by Gasteiger charge is -2.12. The average molecular weight is 272 g/mol. The van der Waals surface area contributed by atoms with Gasteiger partial charge in [0.15, 0.2) is 0 Å². The highest BCUT2D eigenvalue weighted by Crippen LogP contribution is 2.15. The number of ether oxygens (including phenoxy) is 1. The Kier molecular flexibility index (Phi) is 5.28. The topological polar surface area (TPSA) is 81.4 Å². The van der Waals surface area contributed by atoms with Gasteiger partial charge in [-0.05, 0) is 31.5 Å². The Hall–Kier alpha value is -0.950. The molecule has 0 aliphatic carbocycles. The number of hydrogen-bond donors (Lipinski definition) is 2. The van der Waals surface area contributed by atoms with Gasteiger partial charge in [0.25, 0.3) is 0 Å². The zero-order valence-corrected chi connectivity index (χ0v) is 11.7. The number of rotatable bonds is 6. The van der Waals surface area contributed by atoms with Crippen LogP contribution in [0, 0.1) is 0 Å². The van der Waals surface area contributed by atoms with Crippen LogP contribution >= 0.6 is 0 Å². The lowest BCUT2D eigenvalue weighted by molar-refractivity contribution is 0.122. The summed E-state index contributed by atoms with van der Waals surface area (Å²) in [5.74, 6) is 0. The van der Waals surface area contributed by atoms with E-state index in [1.807, 2.05) is 13.0 Å². The fraction of sp³-hybridized carbons (Fsp3) is 0.500. The molecule has 6 heteroatoms. The van der Waals surface area contributed by atoms with Gasteiger partial charge in [-0.1, -0.05) is 12.1 Å². The Morgan fingerprint density at radius 3 is 2.61 bits per heavy atom. The first kappa shape index (κ1) is 15.1. The highest BCUT2D eigenvalue weighted by atomic mass is 32.2. The summed E-state index contributed by atoms with van der Waals surface area (Å²) in [6, 6.07) is 6.43. The molecule has 0 amide bonds. The monoisotopic (exact) mass is 272 g/mol. The molecule has 1 aromatic rings. The maximum absolute atomic E-state index is 12.0. The average Bonchev–Trinajstić information content (AvgIpc) is 2.36. The van der Waals surface area contributed by atoms with Crippen molar-refractivity contribution >= 4 is 10.0 Å². The fourth-order valence-corrected chi connectivity index (χ4v) is 2.53. The van der Waals surface area contributed by atoms with Crippen molar-refractivity contribution in [2.24, 2.45) is 5.73 Å². The second kappa shape index (κ2) is 6.29. The first-order chi connectivity index (χ1) is 8.36.